The van der Waals surface area contributed by atoms with Crippen molar-refractivity contribution in [3.63, 3.8) is 0 Å². The van der Waals surface area contributed by atoms with Crippen LogP contribution in [0.2, 0.25) is 10.0 Å². The van der Waals surface area contributed by atoms with Crippen molar-refractivity contribution in [1.82, 2.24) is 10.2 Å². The summed E-state index contributed by atoms with van der Waals surface area (Å²) in [6.07, 6.45) is 1.01. The van der Waals surface area contributed by atoms with E-state index in [1.54, 1.807) is 50.2 Å². The lowest BCUT2D eigenvalue weighted by Crippen LogP contribution is -2.51. The van der Waals surface area contributed by atoms with Crippen LogP contribution in [0.4, 0.5) is 5.69 Å². The number of anilines is 1. The minimum atomic E-state index is -3.78. The second kappa shape index (κ2) is 10.8. The van der Waals surface area contributed by atoms with Gasteiger partial charge in [0.1, 0.15) is 12.6 Å². The molecule has 0 saturated carbocycles. The van der Waals surface area contributed by atoms with Gasteiger partial charge in [0.15, 0.2) is 0 Å². The second-order valence-electron chi connectivity index (χ2n) is 6.93. The quantitative estimate of drug-likeness (QED) is 0.589. The Morgan fingerprint density at radius 2 is 1.68 bits per heavy atom. The van der Waals surface area contributed by atoms with Gasteiger partial charge in [0.2, 0.25) is 21.8 Å². The fourth-order valence-electron chi connectivity index (χ4n) is 2.94. The van der Waals surface area contributed by atoms with Gasteiger partial charge in [-0.05, 0) is 49.7 Å². The van der Waals surface area contributed by atoms with Crippen molar-refractivity contribution in [3.8, 4) is 0 Å². The van der Waals surface area contributed by atoms with Gasteiger partial charge < -0.3 is 10.2 Å². The summed E-state index contributed by atoms with van der Waals surface area (Å²) < 4.78 is 25.8. The Kier molecular flexibility index (Phi) is 8.73. The van der Waals surface area contributed by atoms with Crippen molar-refractivity contribution in [3.05, 3.63) is 64.1 Å². The van der Waals surface area contributed by atoms with Crippen LogP contribution in [0.25, 0.3) is 0 Å². The normalized spacial score (nSPS) is 12.2. The molecule has 0 radical (unpaired) electrons. The predicted octanol–water partition coefficient (Wildman–Crippen LogP) is 3.31. The molecule has 2 aromatic carbocycles. The Bertz CT molecular complexity index is 1030. The zero-order chi connectivity index (χ0) is 23.2. The molecule has 0 bridgehead atoms. The maximum atomic E-state index is 13.3. The molecular formula is C21H25Cl2N3O4S. The first kappa shape index (κ1) is 25.0. The van der Waals surface area contributed by atoms with E-state index in [1.165, 1.54) is 17.0 Å². The summed E-state index contributed by atoms with van der Waals surface area (Å²) in [5.74, 6) is -0.889. The number of hydrogen-bond acceptors (Lipinski definition) is 4. The lowest BCUT2D eigenvalue weighted by atomic mass is 10.1. The highest BCUT2D eigenvalue weighted by Crippen LogP contribution is 2.22. The molecule has 0 aliphatic carbocycles. The highest BCUT2D eigenvalue weighted by Gasteiger charge is 2.30. The number of nitrogens with one attached hydrogen (secondary N) is 1. The van der Waals surface area contributed by atoms with Gasteiger partial charge in [-0.3, -0.25) is 13.9 Å². The van der Waals surface area contributed by atoms with E-state index in [4.69, 9.17) is 23.2 Å². The van der Waals surface area contributed by atoms with E-state index in [0.29, 0.717) is 27.8 Å². The summed E-state index contributed by atoms with van der Waals surface area (Å²) in [7, 11) is -3.78. The summed E-state index contributed by atoms with van der Waals surface area (Å²) >= 11 is 12.1. The van der Waals surface area contributed by atoms with Gasteiger partial charge in [0, 0.05) is 23.1 Å². The zero-order valence-corrected chi connectivity index (χ0v) is 19.8. The number of amides is 2. The highest BCUT2D eigenvalue weighted by molar-refractivity contribution is 7.92. The first-order chi connectivity index (χ1) is 14.5. The van der Waals surface area contributed by atoms with Crippen molar-refractivity contribution in [2.24, 2.45) is 0 Å². The SMILES string of the molecule is CCNC(=O)C(C)N(Cc1ccccc1Cl)C(=O)CN(c1ccc(Cl)cc1)S(C)(=O)=O. The average Bonchev–Trinajstić information content (AvgIpc) is 2.71. The Balaban J connectivity index is 2.38. The molecule has 0 heterocycles. The van der Waals surface area contributed by atoms with Gasteiger partial charge in [-0.1, -0.05) is 41.4 Å². The van der Waals surface area contributed by atoms with Crippen LogP contribution in [0.15, 0.2) is 48.5 Å². The van der Waals surface area contributed by atoms with Crippen molar-refractivity contribution in [2.75, 3.05) is 23.7 Å². The van der Waals surface area contributed by atoms with E-state index in [-0.39, 0.29) is 12.5 Å². The lowest BCUT2D eigenvalue weighted by molar-refractivity contribution is -0.139. The number of sulfonamides is 1. The Morgan fingerprint density at radius 3 is 2.23 bits per heavy atom. The number of nitrogens with zero attached hydrogens (tertiary/aromatic N) is 2. The van der Waals surface area contributed by atoms with Gasteiger partial charge in [-0.25, -0.2) is 8.42 Å². The van der Waals surface area contributed by atoms with Crippen LogP contribution < -0.4 is 9.62 Å². The van der Waals surface area contributed by atoms with Gasteiger partial charge >= 0.3 is 0 Å². The zero-order valence-electron chi connectivity index (χ0n) is 17.5. The Morgan fingerprint density at radius 1 is 1.06 bits per heavy atom. The summed E-state index contributed by atoms with van der Waals surface area (Å²) in [4.78, 5) is 27.1. The second-order valence-corrected chi connectivity index (χ2v) is 9.68. The van der Waals surface area contributed by atoms with Crippen LogP contribution in [0.5, 0.6) is 0 Å². The van der Waals surface area contributed by atoms with Crippen LogP contribution in [0.1, 0.15) is 19.4 Å². The minimum Gasteiger partial charge on any atom is -0.355 e. The van der Waals surface area contributed by atoms with Crippen LogP contribution in [-0.2, 0) is 26.2 Å². The van der Waals surface area contributed by atoms with Gasteiger partial charge in [-0.2, -0.15) is 0 Å². The van der Waals surface area contributed by atoms with Crippen molar-refractivity contribution < 1.29 is 18.0 Å². The van der Waals surface area contributed by atoms with E-state index in [9.17, 15) is 18.0 Å². The van der Waals surface area contributed by atoms with Crippen molar-refractivity contribution in [2.45, 2.75) is 26.4 Å². The number of carbonyl (C=O) groups is 2. The first-order valence-electron chi connectivity index (χ1n) is 9.58. The number of hydrogen-bond donors (Lipinski definition) is 1. The van der Waals surface area contributed by atoms with Crippen LogP contribution >= 0.6 is 23.2 Å². The summed E-state index contributed by atoms with van der Waals surface area (Å²) in [5.41, 5.74) is 0.940. The molecular weight excluding hydrogens is 461 g/mol. The van der Waals surface area contributed by atoms with E-state index in [2.05, 4.69) is 5.32 Å². The largest absolute Gasteiger partial charge is 0.355 e. The summed E-state index contributed by atoms with van der Waals surface area (Å²) in [5, 5.41) is 3.57. The molecule has 7 nitrogen and oxygen atoms in total. The fourth-order valence-corrected chi connectivity index (χ4v) is 4.11. The maximum Gasteiger partial charge on any atom is 0.244 e. The van der Waals surface area contributed by atoms with Gasteiger partial charge in [0.25, 0.3) is 0 Å². The van der Waals surface area contributed by atoms with Crippen molar-refractivity contribution >= 4 is 50.7 Å². The third kappa shape index (κ3) is 6.85. The molecule has 0 aliphatic rings. The van der Waals surface area contributed by atoms with Crippen LogP contribution in [0, 0.1) is 0 Å². The van der Waals surface area contributed by atoms with E-state index < -0.39 is 28.5 Å². The number of rotatable bonds is 9. The molecule has 0 saturated heterocycles. The van der Waals surface area contributed by atoms with E-state index in [1.807, 2.05) is 0 Å². The van der Waals surface area contributed by atoms with Crippen LogP contribution in [0.3, 0.4) is 0 Å². The molecule has 1 unspecified atom stereocenters. The highest BCUT2D eigenvalue weighted by atomic mass is 35.5. The Labute approximate surface area is 193 Å². The maximum absolute atomic E-state index is 13.3. The van der Waals surface area contributed by atoms with Gasteiger partial charge in [-0.15, -0.1) is 0 Å². The van der Waals surface area contributed by atoms with E-state index in [0.717, 1.165) is 10.6 Å². The third-order valence-corrected chi connectivity index (χ3v) is 6.37. The molecule has 2 amide bonds. The lowest BCUT2D eigenvalue weighted by Gasteiger charge is -2.31. The molecule has 1 N–H and O–H groups in total. The monoisotopic (exact) mass is 485 g/mol. The molecule has 0 aromatic heterocycles. The van der Waals surface area contributed by atoms with Crippen LogP contribution in [-0.4, -0.2) is 50.5 Å². The molecule has 1 atom stereocenters. The molecule has 31 heavy (non-hydrogen) atoms. The third-order valence-electron chi connectivity index (χ3n) is 4.61. The van der Waals surface area contributed by atoms with Crippen molar-refractivity contribution in [1.29, 1.82) is 0 Å². The van der Waals surface area contributed by atoms with E-state index >= 15 is 0 Å². The number of halogens is 2. The van der Waals surface area contributed by atoms with Gasteiger partial charge in [0.05, 0.1) is 11.9 Å². The molecule has 0 spiro atoms. The molecule has 168 valence electrons. The number of likely N-dealkylation sites (N-methyl/N-ethyl adjacent to an activating group) is 1. The standard InChI is InChI=1S/C21H25Cl2N3O4S/c1-4-24-21(28)15(2)25(13-16-7-5-6-8-19(16)23)20(27)14-26(31(3,29)30)18-11-9-17(22)10-12-18/h5-12,15H,4,13-14H2,1-3H3,(H,24,28). The molecule has 2 aromatic rings. The Hall–Kier alpha value is -2.29. The number of carbonyl (C=O) groups excluding carboxylic acids is 2. The molecule has 0 fully saturated rings. The average molecular weight is 486 g/mol. The smallest absolute Gasteiger partial charge is 0.244 e. The first-order valence-corrected chi connectivity index (χ1v) is 12.2. The molecule has 2 rings (SSSR count). The minimum absolute atomic E-state index is 0.0506. The molecule has 10 heteroatoms. The predicted molar refractivity (Wildman–Crippen MR) is 124 cm³/mol. The summed E-state index contributed by atoms with van der Waals surface area (Å²) in [6.45, 7) is 3.34. The fraction of sp³-hybridized carbons (Fsp3) is 0.333. The molecule has 0 aliphatic heterocycles. The number of benzene rings is 2. The topological polar surface area (TPSA) is 86.8 Å². The summed E-state index contributed by atoms with van der Waals surface area (Å²) in [6, 6.07) is 12.2.